The standard InChI is InChI=1S/C28H25F3N2O4/c1-4-32-27-18-13-17(9-10-20(18)29)37-23-8-6-7-15(3)25(23)16-11-19(26(31)21(30)12-16)22(33-28(27)35)14-24(34)36-5-2/h4,6-13,22,27,32H,1,5,14H2,2-3H3,(H,33,35)/t22-,27-/m0/s1. The minimum absolute atomic E-state index is 0.0545. The molecule has 0 saturated heterocycles. The summed E-state index contributed by atoms with van der Waals surface area (Å²) in [6, 6.07) is 8.80. The SMILES string of the molecule is C=CN[C@@H]1C(=O)N[C@@H](CC(=O)OCC)c2cc(cc(F)c2F)-c2c(C)cccc2Oc2ccc(F)c1c2. The molecule has 0 radical (unpaired) electrons. The van der Waals surface area contributed by atoms with Gasteiger partial charge in [0.25, 0.3) is 0 Å². The van der Waals surface area contributed by atoms with Crippen LogP contribution in [0.1, 0.15) is 42.1 Å². The molecule has 9 heteroatoms. The molecule has 0 saturated carbocycles. The fourth-order valence-corrected chi connectivity index (χ4v) is 4.34. The van der Waals surface area contributed by atoms with Crippen LogP contribution in [0.3, 0.4) is 0 Å². The number of carbonyl (C=O) groups is 2. The Hall–Kier alpha value is -4.27. The van der Waals surface area contributed by atoms with Crippen molar-refractivity contribution in [2.75, 3.05) is 6.61 Å². The molecule has 0 unspecified atom stereocenters. The normalized spacial score (nSPS) is 16.6. The minimum Gasteiger partial charge on any atom is -0.466 e. The first kappa shape index (κ1) is 25.8. The fraction of sp³-hybridized carbons (Fsp3) is 0.214. The summed E-state index contributed by atoms with van der Waals surface area (Å²) >= 11 is 0. The van der Waals surface area contributed by atoms with Crippen LogP contribution >= 0.6 is 0 Å². The molecule has 4 bridgehead atoms. The molecule has 192 valence electrons. The summed E-state index contributed by atoms with van der Waals surface area (Å²) in [7, 11) is 0. The van der Waals surface area contributed by atoms with Crippen molar-refractivity contribution in [2.24, 2.45) is 0 Å². The smallest absolute Gasteiger partial charge is 0.308 e. The van der Waals surface area contributed by atoms with Gasteiger partial charge >= 0.3 is 5.97 Å². The summed E-state index contributed by atoms with van der Waals surface area (Å²) < 4.78 is 56.2. The van der Waals surface area contributed by atoms with Gasteiger partial charge in [-0.3, -0.25) is 9.59 Å². The third-order valence-electron chi connectivity index (χ3n) is 6.00. The number of amides is 1. The van der Waals surface area contributed by atoms with Crippen molar-refractivity contribution in [3.63, 3.8) is 0 Å². The third-order valence-corrected chi connectivity index (χ3v) is 6.00. The summed E-state index contributed by atoms with van der Waals surface area (Å²) in [5, 5.41) is 5.25. The minimum atomic E-state index is -1.32. The number of halogens is 3. The Labute approximate surface area is 212 Å². The summed E-state index contributed by atoms with van der Waals surface area (Å²) in [6.07, 6.45) is 0.717. The van der Waals surface area contributed by atoms with Crippen molar-refractivity contribution in [1.29, 1.82) is 0 Å². The topological polar surface area (TPSA) is 76.7 Å². The van der Waals surface area contributed by atoms with E-state index in [1.54, 1.807) is 32.0 Å². The first-order valence-electron chi connectivity index (χ1n) is 11.6. The van der Waals surface area contributed by atoms with Crippen LogP contribution in [0.25, 0.3) is 11.1 Å². The molecule has 37 heavy (non-hydrogen) atoms. The highest BCUT2D eigenvalue weighted by atomic mass is 19.2. The largest absolute Gasteiger partial charge is 0.466 e. The number of rotatable bonds is 5. The summed E-state index contributed by atoms with van der Waals surface area (Å²) in [5.74, 6) is -4.12. The number of benzene rings is 3. The van der Waals surface area contributed by atoms with Crippen LogP contribution in [-0.4, -0.2) is 18.5 Å². The van der Waals surface area contributed by atoms with E-state index in [1.165, 1.54) is 24.4 Å². The number of carbonyl (C=O) groups excluding carboxylic acids is 2. The highest BCUT2D eigenvalue weighted by molar-refractivity contribution is 5.85. The maximum absolute atomic E-state index is 15.2. The molecule has 1 amide bonds. The maximum atomic E-state index is 15.2. The van der Waals surface area contributed by atoms with Crippen LogP contribution < -0.4 is 15.4 Å². The van der Waals surface area contributed by atoms with Gasteiger partial charge in [-0.05, 0) is 67.6 Å². The highest BCUT2D eigenvalue weighted by Crippen LogP contribution is 2.39. The Balaban J connectivity index is 2.00. The van der Waals surface area contributed by atoms with E-state index in [0.29, 0.717) is 16.9 Å². The van der Waals surface area contributed by atoms with E-state index in [-0.39, 0.29) is 29.0 Å². The predicted octanol–water partition coefficient (Wildman–Crippen LogP) is 5.77. The van der Waals surface area contributed by atoms with Gasteiger partial charge in [0.1, 0.15) is 23.4 Å². The van der Waals surface area contributed by atoms with Crippen molar-refractivity contribution in [2.45, 2.75) is 32.4 Å². The summed E-state index contributed by atoms with van der Waals surface area (Å²) in [6.45, 7) is 6.98. The van der Waals surface area contributed by atoms with Crippen LogP contribution in [0.4, 0.5) is 13.2 Å². The van der Waals surface area contributed by atoms with Crippen LogP contribution in [0, 0.1) is 24.4 Å². The van der Waals surface area contributed by atoms with E-state index >= 15 is 4.39 Å². The fourth-order valence-electron chi connectivity index (χ4n) is 4.34. The first-order valence-corrected chi connectivity index (χ1v) is 11.6. The lowest BCUT2D eigenvalue weighted by Gasteiger charge is -2.24. The molecule has 3 aromatic carbocycles. The molecule has 1 aliphatic heterocycles. The number of hydrogen-bond donors (Lipinski definition) is 2. The molecule has 3 aromatic rings. The van der Waals surface area contributed by atoms with Gasteiger partial charge in [0, 0.05) is 16.7 Å². The Morgan fingerprint density at radius 3 is 2.65 bits per heavy atom. The first-order chi connectivity index (χ1) is 17.7. The van der Waals surface area contributed by atoms with Gasteiger partial charge in [-0.15, -0.1) is 0 Å². The molecule has 0 spiro atoms. The third kappa shape index (κ3) is 5.30. The van der Waals surface area contributed by atoms with E-state index < -0.39 is 47.8 Å². The Morgan fingerprint density at radius 2 is 1.92 bits per heavy atom. The number of nitrogens with one attached hydrogen (secondary N) is 2. The lowest BCUT2D eigenvalue weighted by molar-refractivity contribution is -0.143. The van der Waals surface area contributed by atoms with E-state index in [4.69, 9.17) is 9.47 Å². The molecule has 1 aliphatic rings. The lowest BCUT2D eigenvalue weighted by atomic mass is 9.93. The zero-order valence-electron chi connectivity index (χ0n) is 20.2. The van der Waals surface area contributed by atoms with Gasteiger partial charge in [-0.25, -0.2) is 13.2 Å². The van der Waals surface area contributed by atoms with Crippen molar-refractivity contribution in [1.82, 2.24) is 10.6 Å². The molecule has 4 rings (SSSR count). The van der Waals surface area contributed by atoms with Crippen molar-refractivity contribution < 1.29 is 32.2 Å². The van der Waals surface area contributed by atoms with E-state index in [1.807, 2.05) is 0 Å². The number of aryl methyl sites for hydroxylation is 1. The van der Waals surface area contributed by atoms with Gasteiger partial charge < -0.3 is 20.1 Å². The number of esters is 1. The zero-order valence-corrected chi connectivity index (χ0v) is 20.2. The van der Waals surface area contributed by atoms with Crippen molar-refractivity contribution in [3.8, 4) is 22.6 Å². The average molecular weight is 511 g/mol. The van der Waals surface area contributed by atoms with Gasteiger partial charge in [0.2, 0.25) is 5.91 Å². The molecule has 0 fully saturated rings. The lowest BCUT2D eigenvalue weighted by Crippen LogP contribution is -2.39. The van der Waals surface area contributed by atoms with Crippen LogP contribution in [0.2, 0.25) is 0 Å². The Kier molecular flexibility index (Phi) is 7.52. The van der Waals surface area contributed by atoms with E-state index in [0.717, 1.165) is 12.1 Å². The van der Waals surface area contributed by atoms with Gasteiger partial charge in [-0.2, -0.15) is 0 Å². The van der Waals surface area contributed by atoms with Crippen molar-refractivity contribution in [3.05, 3.63) is 95.5 Å². The zero-order chi connectivity index (χ0) is 26.7. The quantitative estimate of drug-likeness (QED) is 0.426. The molecule has 0 aromatic heterocycles. The predicted molar refractivity (Wildman–Crippen MR) is 131 cm³/mol. The molecule has 6 nitrogen and oxygen atoms in total. The summed E-state index contributed by atoms with van der Waals surface area (Å²) in [4.78, 5) is 25.8. The number of ether oxygens (including phenoxy) is 2. The van der Waals surface area contributed by atoms with Crippen LogP contribution in [0.5, 0.6) is 11.5 Å². The Bertz CT molecular complexity index is 1380. The second kappa shape index (κ2) is 10.8. The van der Waals surface area contributed by atoms with Gasteiger partial charge in [0.05, 0.1) is 19.1 Å². The highest BCUT2D eigenvalue weighted by Gasteiger charge is 2.31. The summed E-state index contributed by atoms with van der Waals surface area (Å²) in [5.41, 5.74) is 1.09. The monoisotopic (exact) mass is 510 g/mol. The number of fused-ring (bicyclic) bond motifs is 6. The molecular weight excluding hydrogens is 485 g/mol. The number of hydrogen-bond acceptors (Lipinski definition) is 5. The van der Waals surface area contributed by atoms with E-state index in [9.17, 15) is 18.4 Å². The van der Waals surface area contributed by atoms with E-state index in [2.05, 4.69) is 17.2 Å². The van der Waals surface area contributed by atoms with Gasteiger partial charge in [0.15, 0.2) is 11.6 Å². The molecular formula is C28H25F3N2O4. The maximum Gasteiger partial charge on any atom is 0.308 e. The molecule has 0 aliphatic carbocycles. The van der Waals surface area contributed by atoms with Gasteiger partial charge in [-0.1, -0.05) is 18.7 Å². The molecule has 2 atom stereocenters. The van der Waals surface area contributed by atoms with Crippen LogP contribution in [-0.2, 0) is 14.3 Å². The van der Waals surface area contributed by atoms with Crippen LogP contribution in [0.15, 0.2) is 61.3 Å². The average Bonchev–Trinajstić information content (AvgIpc) is 2.85. The Morgan fingerprint density at radius 1 is 1.14 bits per heavy atom. The second-order valence-electron chi connectivity index (χ2n) is 8.47. The second-order valence-corrected chi connectivity index (χ2v) is 8.47. The molecule has 1 heterocycles. The molecule has 2 N–H and O–H groups in total. The van der Waals surface area contributed by atoms with Crippen molar-refractivity contribution >= 4 is 11.9 Å².